The van der Waals surface area contributed by atoms with Crippen molar-refractivity contribution in [3.8, 4) is 0 Å². The SMILES string of the molecule is O=C(NCc1ccccc1)c1cc([N+](=O)[O-])ccc1N1CCCC1. The largest absolute Gasteiger partial charge is 0.371 e. The molecule has 0 aromatic heterocycles. The van der Waals surface area contributed by atoms with E-state index in [2.05, 4.69) is 10.2 Å². The molecular weight excluding hydrogens is 306 g/mol. The molecule has 1 amide bonds. The predicted octanol–water partition coefficient (Wildman–Crippen LogP) is 3.13. The number of anilines is 1. The average Bonchev–Trinajstić information content (AvgIpc) is 3.14. The number of nitro groups is 1. The van der Waals surface area contributed by atoms with Gasteiger partial charge in [-0.25, -0.2) is 0 Å². The van der Waals surface area contributed by atoms with Crippen LogP contribution in [0.1, 0.15) is 28.8 Å². The van der Waals surface area contributed by atoms with Crippen LogP contribution < -0.4 is 10.2 Å². The molecule has 1 heterocycles. The number of nitrogens with one attached hydrogen (secondary N) is 1. The second-order valence-corrected chi connectivity index (χ2v) is 5.82. The Morgan fingerprint density at radius 3 is 2.50 bits per heavy atom. The Morgan fingerprint density at radius 1 is 1.12 bits per heavy atom. The van der Waals surface area contributed by atoms with Crippen molar-refractivity contribution in [3.05, 3.63) is 69.8 Å². The first-order valence-corrected chi connectivity index (χ1v) is 8.00. The third-order valence-electron chi connectivity index (χ3n) is 4.18. The minimum atomic E-state index is -0.470. The quantitative estimate of drug-likeness (QED) is 0.677. The van der Waals surface area contributed by atoms with Crippen LogP contribution in [0, 0.1) is 10.1 Å². The molecule has 1 fully saturated rings. The van der Waals surface area contributed by atoms with Gasteiger partial charge in [0.2, 0.25) is 0 Å². The van der Waals surface area contributed by atoms with Crippen molar-refractivity contribution in [2.75, 3.05) is 18.0 Å². The predicted molar refractivity (Wildman–Crippen MR) is 92.2 cm³/mol. The molecule has 124 valence electrons. The molecular formula is C18H19N3O3. The van der Waals surface area contributed by atoms with Gasteiger partial charge in [0.15, 0.2) is 0 Å². The lowest BCUT2D eigenvalue weighted by Gasteiger charge is -2.20. The molecule has 6 heteroatoms. The van der Waals surface area contributed by atoms with Crippen LogP contribution in [0.2, 0.25) is 0 Å². The molecule has 1 N–H and O–H groups in total. The van der Waals surface area contributed by atoms with E-state index >= 15 is 0 Å². The second kappa shape index (κ2) is 7.12. The van der Waals surface area contributed by atoms with E-state index in [9.17, 15) is 14.9 Å². The third kappa shape index (κ3) is 3.53. The fourth-order valence-corrected chi connectivity index (χ4v) is 2.93. The lowest BCUT2D eigenvalue weighted by atomic mass is 10.1. The maximum atomic E-state index is 12.6. The van der Waals surface area contributed by atoms with E-state index in [0.717, 1.165) is 37.2 Å². The van der Waals surface area contributed by atoms with E-state index in [0.29, 0.717) is 12.1 Å². The van der Waals surface area contributed by atoms with E-state index in [-0.39, 0.29) is 11.6 Å². The Morgan fingerprint density at radius 2 is 1.83 bits per heavy atom. The maximum absolute atomic E-state index is 12.6. The Kier molecular flexibility index (Phi) is 4.74. The summed E-state index contributed by atoms with van der Waals surface area (Å²) in [5, 5.41) is 13.9. The maximum Gasteiger partial charge on any atom is 0.270 e. The number of non-ortho nitro benzene ring substituents is 1. The summed E-state index contributed by atoms with van der Waals surface area (Å²) in [4.78, 5) is 25.3. The number of benzene rings is 2. The van der Waals surface area contributed by atoms with Gasteiger partial charge in [-0.2, -0.15) is 0 Å². The van der Waals surface area contributed by atoms with Gasteiger partial charge in [-0.3, -0.25) is 14.9 Å². The van der Waals surface area contributed by atoms with Crippen LogP contribution in [-0.4, -0.2) is 23.9 Å². The lowest BCUT2D eigenvalue weighted by Crippen LogP contribution is -2.27. The molecule has 0 atom stereocenters. The van der Waals surface area contributed by atoms with Gasteiger partial charge in [0.25, 0.3) is 11.6 Å². The van der Waals surface area contributed by atoms with E-state index in [1.807, 2.05) is 30.3 Å². The van der Waals surface area contributed by atoms with Crippen molar-refractivity contribution in [2.45, 2.75) is 19.4 Å². The number of carbonyl (C=O) groups is 1. The fraction of sp³-hybridized carbons (Fsp3) is 0.278. The monoisotopic (exact) mass is 325 g/mol. The molecule has 2 aromatic carbocycles. The Hall–Kier alpha value is -2.89. The van der Waals surface area contributed by atoms with Gasteiger partial charge < -0.3 is 10.2 Å². The summed E-state index contributed by atoms with van der Waals surface area (Å²) in [7, 11) is 0. The van der Waals surface area contributed by atoms with Crippen LogP contribution in [-0.2, 0) is 6.54 Å². The molecule has 6 nitrogen and oxygen atoms in total. The number of amides is 1. The molecule has 1 saturated heterocycles. The van der Waals surface area contributed by atoms with Gasteiger partial charge in [0.1, 0.15) is 0 Å². The zero-order valence-corrected chi connectivity index (χ0v) is 13.3. The molecule has 0 unspecified atom stereocenters. The molecule has 24 heavy (non-hydrogen) atoms. The molecule has 0 bridgehead atoms. The second-order valence-electron chi connectivity index (χ2n) is 5.82. The Labute approximate surface area is 140 Å². The first kappa shape index (κ1) is 16.0. The molecule has 0 radical (unpaired) electrons. The van der Waals surface area contributed by atoms with Crippen molar-refractivity contribution in [3.63, 3.8) is 0 Å². The van der Waals surface area contributed by atoms with Crippen LogP contribution in [0.15, 0.2) is 48.5 Å². The molecule has 1 aliphatic rings. The standard InChI is InChI=1S/C18H19N3O3/c22-18(19-13-14-6-2-1-3-7-14)16-12-15(21(23)24)8-9-17(16)20-10-4-5-11-20/h1-3,6-9,12H,4-5,10-11,13H2,(H,19,22). The number of hydrogen-bond donors (Lipinski definition) is 1. The van der Waals surface area contributed by atoms with E-state index in [1.165, 1.54) is 12.1 Å². The van der Waals surface area contributed by atoms with Crippen molar-refractivity contribution in [1.82, 2.24) is 5.32 Å². The fourth-order valence-electron chi connectivity index (χ4n) is 2.93. The Balaban J connectivity index is 1.84. The van der Waals surface area contributed by atoms with Crippen LogP contribution in [0.4, 0.5) is 11.4 Å². The van der Waals surface area contributed by atoms with Crippen LogP contribution in [0.5, 0.6) is 0 Å². The van der Waals surface area contributed by atoms with Crippen molar-refractivity contribution in [1.29, 1.82) is 0 Å². The van der Waals surface area contributed by atoms with Gasteiger partial charge in [0, 0.05) is 31.8 Å². The van der Waals surface area contributed by atoms with Gasteiger partial charge in [-0.1, -0.05) is 30.3 Å². The zero-order chi connectivity index (χ0) is 16.9. The van der Waals surface area contributed by atoms with Gasteiger partial charge in [-0.15, -0.1) is 0 Å². The highest BCUT2D eigenvalue weighted by atomic mass is 16.6. The summed E-state index contributed by atoms with van der Waals surface area (Å²) < 4.78 is 0. The summed E-state index contributed by atoms with van der Waals surface area (Å²) in [5.74, 6) is -0.288. The summed E-state index contributed by atoms with van der Waals surface area (Å²) in [6, 6.07) is 14.1. The van der Waals surface area contributed by atoms with E-state index in [1.54, 1.807) is 6.07 Å². The first-order chi connectivity index (χ1) is 11.6. The number of hydrogen-bond acceptors (Lipinski definition) is 4. The highest BCUT2D eigenvalue weighted by molar-refractivity contribution is 6.00. The van der Waals surface area contributed by atoms with E-state index < -0.39 is 4.92 Å². The first-order valence-electron chi connectivity index (χ1n) is 8.00. The highest BCUT2D eigenvalue weighted by Crippen LogP contribution is 2.28. The number of carbonyl (C=O) groups excluding carboxylic acids is 1. The van der Waals surface area contributed by atoms with Gasteiger partial charge >= 0.3 is 0 Å². The summed E-state index contributed by atoms with van der Waals surface area (Å²) in [5.41, 5.74) is 2.05. The third-order valence-corrected chi connectivity index (χ3v) is 4.18. The van der Waals surface area contributed by atoms with Crippen molar-refractivity contribution >= 4 is 17.3 Å². The van der Waals surface area contributed by atoms with Crippen LogP contribution >= 0.6 is 0 Å². The van der Waals surface area contributed by atoms with Crippen LogP contribution in [0.3, 0.4) is 0 Å². The number of nitrogens with zero attached hydrogens (tertiary/aromatic N) is 2. The van der Waals surface area contributed by atoms with E-state index in [4.69, 9.17) is 0 Å². The topological polar surface area (TPSA) is 75.5 Å². The zero-order valence-electron chi connectivity index (χ0n) is 13.3. The van der Waals surface area contributed by atoms with Crippen molar-refractivity contribution < 1.29 is 9.72 Å². The van der Waals surface area contributed by atoms with Gasteiger partial charge in [-0.05, 0) is 24.5 Å². The average molecular weight is 325 g/mol. The van der Waals surface area contributed by atoms with Crippen molar-refractivity contribution in [2.24, 2.45) is 0 Å². The summed E-state index contributed by atoms with van der Waals surface area (Å²) >= 11 is 0. The highest BCUT2D eigenvalue weighted by Gasteiger charge is 2.22. The molecule has 0 aliphatic carbocycles. The molecule has 2 aromatic rings. The number of nitro benzene ring substituents is 1. The van der Waals surface area contributed by atoms with Gasteiger partial charge in [0.05, 0.1) is 16.2 Å². The molecule has 0 spiro atoms. The minimum absolute atomic E-state index is 0.0668. The molecule has 0 saturated carbocycles. The van der Waals surface area contributed by atoms with Crippen LogP contribution in [0.25, 0.3) is 0 Å². The summed E-state index contributed by atoms with van der Waals surface area (Å²) in [6.07, 6.45) is 2.14. The number of rotatable bonds is 5. The smallest absolute Gasteiger partial charge is 0.270 e. The molecule has 3 rings (SSSR count). The minimum Gasteiger partial charge on any atom is -0.371 e. The molecule has 1 aliphatic heterocycles. The lowest BCUT2D eigenvalue weighted by molar-refractivity contribution is -0.384. The summed E-state index contributed by atoms with van der Waals surface area (Å²) in [6.45, 7) is 2.13. The Bertz CT molecular complexity index is 740. The normalized spacial score (nSPS) is 13.8.